The van der Waals surface area contributed by atoms with Gasteiger partial charge in [0.25, 0.3) is 5.91 Å². The molecule has 0 spiro atoms. The van der Waals surface area contributed by atoms with Gasteiger partial charge < -0.3 is 14.6 Å². The Morgan fingerprint density at radius 1 is 1.24 bits per heavy atom. The summed E-state index contributed by atoms with van der Waals surface area (Å²) in [5.74, 6) is -0.0640. The van der Waals surface area contributed by atoms with Crippen molar-refractivity contribution in [1.82, 2.24) is 10.2 Å². The summed E-state index contributed by atoms with van der Waals surface area (Å²) in [5, 5.41) is 2.86. The van der Waals surface area contributed by atoms with Crippen LogP contribution < -0.4 is 5.32 Å². The van der Waals surface area contributed by atoms with E-state index in [1.165, 1.54) is 18.2 Å². The van der Waals surface area contributed by atoms with Crippen LogP contribution in [0.3, 0.4) is 0 Å². The lowest BCUT2D eigenvalue weighted by molar-refractivity contribution is -0.127. The predicted molar refractivity (Wildman–Crippen MR) is 88.0 cm³/mol. The van der Waals surface area contributed by atoms with Gasteiger partial charge in [-0.05, 0) is 55.5 Å². The van der Waals surface area contributed by atoms with Gasteiger partial charge >= 0.3 is 0 Å². The zero-order valence-corrected chi connectivity index (χ0v) is 13.7. The fraction of sp³-hybridized carbons (Fsp3) is 0.368. The number of carbonyl (C=O) groups excluding carboxylic acids is 2. The molecular weight excluding hydrogens is 323 g/mol. The zero-order valence-electron chi connectivity index (χ0n) is 13.7. The highest BCUT2D eigenvalue weighted by atomic mass is 19.1. The summed E-state index contributed by atoms with van der Waals surface area (Å²) < 4.78 is 18.7. The maximum absolute atomic E-state index is 13.5. The zero-order chi connectivity index (χ0) is 17.4. The van der Waals surface area contributed by atoms with Crippen molar-refractivity contribution in [3.63, 3.8) is 0 Å². The lowest BCUT2D eigenvalue weighted by Gasteiger charge is -2.34. The SMILES string of the molecule is O=C(NCc1ccco1)[C@@H]1C2CCC(C2)N1C(=O)c1cccc(F)c1. The van der Waals surface area contributed by atoms with Crippen LogP contribution in [0.2, 0.25) is 0 Å². The van der Waals surface area contributed by atoms with Crippen molar-refractivity contribution in [2.24, 2.45) is 5.92 Å². The molecule has 0 radical (unpaired) electrons. The van der Waals surface area contributed by atoms with Crippen molar-refractivity contribution >= 4 is 11.8 Å². The number of piperidine rings is 1. The molecule has 3 atom stereocenters. The van der Waals surface area contributed by atoms with E-state index in [0.29, 0.717) is 12.3 Å². The van der Waals surface area contributed by atoms with Gasteiger partial charge in [0.05, 0.1) is 12.8 Å². The first-order chi connectivity index (χ1) is 12.1. The molecule has 1 saturated carbocycles. The number of amides is 2. The molecule has 2 fully saturated rings. The summed E-state index contributed by atoms with van der Waals surface area (Å²) in [6.07, 6.45) is 4.23. The van der Waals surface area contributed by atoms with Crippen molar-refractivity contribution < 1.29 is 18.4 Å². The normalized spacial score (nSPS) is 24.5. The van der Waals surface area contributed by atoms with Crippen LogP contribution >= 0.6 is 0 Å². The number of benzene rings is 1. The highest BCUT2D eigenvalue weighted by molar-refractivity contribution is 5.98. The highest BCUT2D eigenvalue weighted by Crippen LogP contribution is 2.43. The summed E-state index contributed by atoms with van der Waals surface area (Å²) in [6, 6.07) is 8.75. The highest BCUT2D eigenvalue weighted by Gasteiger charge is 2.51. The first-order valence-electron chi connectivity index (χ1n) is 8.52. The van der Waals surface area contributed by atoms with Crippen LogP contribution in [0.5, 0.6) is 0 Å². The van der Waals surface area contributed by atoms with Gasteiger partial charge in [0.1, 0.15) is 17.6 Å². The number of rotatable bonds is 4. The Morgan fingerprint density at radius 2 is 2.12 bits per heavy atom. The van der Waals surface area contributed by atoms with Crippen LogP contribution in [0.1, 0.15) is 35.4 Å². The summed E-state index contributed by atoms with van der Waals surface area (Å²) in [7, 11) is 0. The van der Waals surface area contributed by atoms with E-state index >= 15 is 0 Å². The minimum absolute atomic E-state index is 0.0557. The molecule has 1 N–H and O–H groups in total. The Kier molecular flexibility index (Phi) is 4.03. The fourth-order valence-corrected chi connectivity index (χ4v) is 4.08. The fourth-order valence-electron chi connectivity index (χ4n) is 4.08. The Balaban J connectivity index is 1.53. The van der Waals surface area contributed by atoms with Gasteiger partial charge in [-0.3, -0.25) is 9.59 Å². The molecule has 1 aromatic carbocycles. The molecule has 25 heavy (non-hydrogen) atoms. The molecule has 1 aliphatic carbocycles. The Labute approximate surface area is 144 Å². The topological polar surface area (TPSA) is 62.6 Å². The molecule has 2 unspecified atom stereocenters. The third kappa shape index (κ3) is 2.92. The quantitative estimate of drug-likeness (QED) is 0.929. The van der Waals surface area contributed by atoms with Crippen LogP contribution in [0.25, 0.3) is 0 Å². The monoisotopic (exact) mass is 342 g/mol. The number of fused-ring (bicyclic) bond motifs is 2. The molecule has 5 nitrogen and oxygen atoms in total. The molecule has 4 rings (SSSR count). The summed E-state index contributed by atoms with van der Waals surface area (Å²) >= 11 is 0. The number of furan rings is 1. The molecule has 2 heterocycles. The Bertz CT molecular complexity index is 790. The summed E-state index contributed by atoms with van der Waals surface area (Å²) in [5.41, 5.74) is 0.288. The van der Waals surface area contributed by atoms with Gasteiger partial charge in [0.2, 0.25) is 5.91 Å². The van der Waals surface area contributed by atoms with E-state index < -0.39 is 11.9 Å². The molecule has 1 aliphatic heterocycles. The largest absolute Gasteiger partial charge is 0.467 e. The Morgan fingerprint density at radius 3 is 2.88 bits per heavy atom. The second-order valence-corrected chi connectivity index (χ2v) is 6.69. The van der Waals surface area contributed by atoms with E-state index in [-0.39, 0.29) is 29.3 Å². The van der Waals surface area contributed by atoms with Gasteiger partial charge in [-0.2, -0.15) is 0 Å². The van der Waals surface area contributed by atoms with E-state index in [1.54, 1.807) is 29.4 Å². The lowest BCUT2D eigenvalue weighted by Crippen LogP contribution is -2.52. The number of halogens is 1. The summed E-state index contributed by atoms with van der Waals surface area (Å²) in [6.45, 7) is 0.293. The summed E-state index contributed by atoms with van der Waals surface area (Å²) in [4.78, 5) is 27.3. The molecule has 6 heteroatoms. The molecule has 2 bridgehead atoms. The van der Waals surface area contributed by atoms with Gasteiger partial charge in [0, 0.05) is 11.6 Å². The number of likely N-dealkylation sites (tertiary alicyclic amines) is 1. The molecule has 130 valence electrons. The predicted octanol–water partition coefficient (Wildman–Crippen LogP) is 2.73. The van der Waals surface area contributed by atoms with Gasteiger partial charge in [0.15, 0.2) is 0 Å². The van der Waals surface area contributed by atoms with E-state index in [0.717, 1.165) is 19.3 Å². The third-order valence-electron chi connectivity index (χ3n) is 5.18. The average Bonchev–Trinajstić information content (AvgIpc) is 3.35. The van der Waals surface area contributed by atoms with Crippen LogP contribution in [-0.4, -0.2) is 28.8 Å². The molecule has 2 aromatic rings. The van der Waals surface area contributed by atoms with Crippen LogP contribution in [0.15, 0.2) is 47.1 Å². The minimum atomic E-state index is -0.496. The number of hydrogen-bond donors (Lipinski definition) is 1. The third-order valence-corrected chi connectivity index (χ3v) is 5.18. The molecule has 2 aliphatic rings. The van der Waals surface area contributed by atoms with Gasteiger partial charge in [-0.1, -0.05) is 6.07 Å². The maximum Gasteiger partial charge on any atom is 0.254 e. The number of nitrogens with one attached hydrogen (secondary N) is 1. The molecule has 1 aromatic heterocycles. The van der Waals surface area contributed by atoms with Crippen LogP contribution in [-0.2, 0) is 11.3 Å². The van der Waals surface area contributed by atoms with Crippen molar-refractivity contribution in [2.45, 2.75) is 37.9 Å². The second kappa shape index (κ2) is 6.35. The van der Waals surface area contributed by atoms with Crippen molar-refractivity contribution in [3.05, 3.63) is 59.8 Å². The molecule has 2 amide bonds. The van der Waals surface area contributed by atoms with Crippen LogP contribution in [0, 0.1) is 11.7 Å². The van der Waals surface area contributed by atoms with Gasteiger partial charge in [-0.15, -0.1) is 0 Å². The van der Waals surface area contributed by atoms with Crippen LogP contribution in [0.4, 0.5) is 4.39 Å². The second-order valence-electron chi connectivity index (χ2n) is 6.69. The van der Waals surface area contributed by atoms with E-state index in [2.05, 4.69) is 5.32 Å². The first kappa shape index (κ1) is 15.9. The molecule has 1 saturated heterocycles. The van der Waals surface area contributed by atoms with E-state index in [4.69, 9.17) is 4.42 Å². The van der Waals surface area contributed by atoms with Crippen molar-refractivity contribution in [2.75, 3.05) is 0 Å². The van der Waals surface area contributed by atoms with Crippen molar-refractivity contribution in [1.29, 1.82) is 0 Å². The number of hydrogen-bond acceptors (Lipinski definition) is 3. The minimum Gasteiger partial charge on any atom is -0.467 e. The van der Waals surface area contributed by atoms with Gasteiger partial charge in [-0.25, -0.2) is 4.39 Å². The van der Waals surface area contributed by atoms with Crippen molar-refractivity contribution in [3.8, 4) is 0 Å². The lowest BCUT2D eigenvalue weighted by atomic mass is 9.97. The molecular formula is C19H19FN2O3. The first-order valence-corrected chi connectivity index (χ1v) is 8.52. The standard InChI is InChI=1S/C19H19FN2O3/c20-14-4-1-3-13(9-14)19(24)22-15-7-6-12(10-15)17(22)18(23)21-11-16-5-2-8-25-16/h1-5,8-9,12,15,17H,6-7,10-11H2,(H,21,23)/t12?,15?,17-/m0/s1. The maximum atomic E-state index is 13.5. The van der Waals surface area contributed by atoms with E-state index in [9.17, 15) is 14.0 Å². The van der Waals surface area contributed by atoms with E-state index in [1.807, 2.05) is 0 Å². The Hall–Kier alpha value is -2.63. The average molecular weight is 342 g/mol. The number of carbonyl (C=O) groups is 2. The number of nitrogens with zero attached hydrogens (tertiary/aromatic N) is 1. The smallest absolute Gasteiger partial charge is 0.254 e.